The first kappa shape index (κ1) is 30.9. The number of carbonyl (C=O) groups excluding carboxylic acids is 1. The zero-order valence-electron chi connectivity index (χ0n) is 27.0. The maximum Gasteiger partial charge on any atom is 0.408 e. The lowest BCUT2D eigenvalue weighted by molar-refractivity contribution is 0.0377. The van der Waals surface area contributed by atoms with Crippen LogP contribution in [0.4, 0.5) is 10.7 Å². The van der Waals surface area contributed by atoms with E-state index in [2.05, 4.69) is 51.7 Å². The van der Waals surface area contributed by atoms with Gasteiger partial charge in [0.1, 0.15) is 16.7 Å². The second-order valence-electron chi connectivity index (χ2n) is 13.1. The molecule has 10 nitrogen and oxygen atoms in total. The van der Waals surface area contributed by atoms with Crippen molar-refractivity contribution in [2.24, 2.45) is 0 Å². The number of ether oxygens (including phenoxy) is 2. The number of amides is 1. The molecule has 0 radical (unpaired) electrons. The van der Waals surface area contributed by atoms with E-state index in [1.165, 1.54) is 0 Å². The van der Waals surface area contributed by atoms with Crippen molar-refractivity contribution in [1.29, 1.82) is 0 Å². The third-order valence-corrected chi connectivity index (χ3v) is 8.73. The van der Waals surface area contributed by atoms with E-state index in [9.17, 15) is 4.79 Å². The number of aromatic nitrogens is 2. The van der Waals surface area contributed by atoms with E-state index in [-0.39, 0.29) is 0 Å². The van der Waals surface area contributed by atoms with Gasteiger partial charge >= 0.3 is 6.09 Å². The van der Waals surface area contributed by atoms with Crippen LogP contribution >= 0.6 is 0 Å². The van der Waals surface area contributed by atoms with Crippen molar-refractivity contribution < 1.29 is 18.7 Å². The molecule has 0 atom stereocenters. The molecule has 6 rings (SSSR count). The Kier molecular flexibility index (Phi) is 8.70. The molecule has 238 valence electrons. The first-order valence-electron chi connectivity index (χ1n) is 15.8. The number of methoxy groups -OCH3 is 1. The summed E-state index contributed by atoms with van der Waals surface area (Å²) in [6, 6.07) is 18.3. The smallest absolute Gasteiger partial charge is 0.408 e. The molecule has 45 heavy (non-hydrogen) atoms. The van der Waals surface area contributed by atoms with Gasteiger partial charge in [-0.2, -0.15) is 9.97 Å². The highest BCUT2D eigenvalue weighted by molar-refractivity contribution is 6.03. The van der Waals surface area contributed by atoms with E-state index >= 15 is 0 Å². The minimum atomic E-state index is -0.558. The van der Waals surface area contributed by atoms with Gasteiger partial charge in [0.05, 0.1) is 12.6 Å². The molecule has 1 saturated heterocycles. The van der Waals surface area contributed by atoms with Crippen molar-refractivity contribution >= 4 is 23.1 Å². The highest BCUT2D eigenvalue weighted by atomic mass is 16.6. The minimum absolute atomic E-state index is 0.395. The summed E-state index contributed by atoms with van der Waals surface area (Å²) in [5.74, 6) is 1.62. The summed E-state index contributed by atoms with van der Waals surface area (Å²) in [6.07, 6.45) is 2.38. The van der Waals surface area contributed by atoms with Crippen LogP contribution in [0.15, 0.2) is 59.0 Å². The van der Waals surface area contributed by atoms with Gasteiger partial charge in [0, 0.05) is 50.4 Å². The van der Waals surface area contributed by atoms with E-state index < -0.39 is 17.2 Å². The molecule has 2 N–H and O–H groups in total. The Morgan fingerprint density at radius 3 is 2.31 bits per heavy atom. The van der Waals surface area contributed by atoms with Gasteiger partial charge in [-0.3, -0.25) is 4.90 Å². The first-order valence-corrected chi connectivity index (χ1v) is 15.8. The van der Waals surface area contributed by atoms with Gasteiger partial charge in [0.15, 0.2) is 0 Å². The van der Waals surface area contributed by atoms with Crippen LogP contribution in [-0.4, -0.2) is 84.9 Å². The van der Waals surface area contributed by atoms with Crippen LogP contribution in [-0.2, 0) is 10.3 Å². The maximum atomic E-state index is 12.7. The van der Waals surface area contributed by atoms with Gasteiger partial charge in [-0.05, 0) is 58.2 Å². The van der Waals surface area contributed by atoms with Crippen molar-refractivity contribution in [2.75, 3.05) is 58.7 Å². The van der Waals surface area contributed by atoms with Crippen LogP contribution in [0.1, 0.15) is 45.6 Å². The Bertz CT molecular complexity index is 1620. The number of hydrogen-bond donors (Lipinski definition) is 2. The highest BCUT2D eigenvalue weighted by Crippen LogP contribution is 2.46. The fourth-order valence-electron chi connectivity index (χ4n) is 6.13. The number of nitrogens with one attached hydrogen (secondary N) is 2. The Morgan fingerprint density at radius 1 is 0.978 bits per heavy atom. The lowest BCUT2D eigenvalue weighted by atomic mass is 9.71. The number of benzene rings is 2. The van der Waals surface area contributed by atoms with Crippen molar-refractivity contribution in [3.63, 3.8) is 0 Å². The zero-order valence-corrected chi connectivity index (χ0v) is 27.0. The second kappa shape index (κ2) is 12.7. The van der Waals surface area contributed by atoms with Gasteiger partial charge in [-0.1, -0.05) is 54.6 Å². The molecule has 2 fully saturated rings. The summed E-state index contributed by atoms with van der Waals surface area (Å²) in [6.45, 7) is 11.5. The number of likely N-dealkylation sites (N-methyl/N-ethyl adjacent to an activating group) is 1. The van der Waals surface area contributed by atoms with E-state index in [0.717, 1.165) is 86.2 Å². The summed E-state index contributed by atoms with van der Waals surface area (Å²) in [7, 11) is 3.79. The normalized spacial score (nSPS) is 17.1. The van der Waals surface area contributed by atoms with Crippen LogP contribution in [0.2, 0.25) is 0 Å². The molecule has 2 aromatic heterocycles. The third-order valence-electron chi connectivity index (χ3n) is 8.73. The van der Waals surface area contributed by atoms with Crippen LogP contribution in [0.3, 0.4) is 0 Å². The van der Waals surface area contributed by atoms with E-state index in [1.807, 2.05) is 51.1 Å². The van der Waals surface area contributed by atoms with Crippen molar-refractivity contribution in [3.05, 3.63) is 60.2 Å². The van der Waals surface area contributed by atoms with Crippen molar-refractivity contribution in [2.45, 2.75) is 51.2 Å². The largest absolute Gasteiger partial charge is 0.480 e. The Hall–Kier alpha value is -4.15. The molecule has 10 heteroatoms. The molecule has 2 aromatic carbocycles. The summed E-state index contributed by atoms with van der Waals surface area (Å²) >= 11 is 0. The second-order valence-corrected chi connectivity index (χ2v) is 13.1. The fraction of sp³-hybridized carbons (Fsp3) is 0.457. The zero-order chi connectivity index (χ0) is 31.6. The number of furan rings is 1. The van der Waals surface area contributed by atoms with Crippen LogP contribution in [0.5, 0.6) is 5.88 Å². The molecule has 0 spiro atoms. The van der Waals surface area contributed by atoms with Crippen LogP contribution in [0, 0.1) is 0 Å². The predicted octanol–water partition coefficient (Wildman–Crippen LogP) is 6.13. The lowest BCUT2D eigenvalue weighted by Crippen LogP contribution is -2.52. The number of anilines is 1. The maximum absolute atomic E-state index is 12.7. The molecule has 3 heterocycles. The summed E-state index contributed by atoms with van der Waals surface area (Å²) in [5, 5.41) is 7.26. The van der Waals surface area contributed by atoms with E-state index in [4.69, 9.17) is 23.9 Å². The van der Waals surface area contributed by atoms with Crippen LogP contribution in [0.25, 0.3) is 33.6 Å². The summed E-state index contributed by atoms with van der Waals surface area (Å²) in [5.41, 5.74) is 3.27. The Labute approximate surface area is 265 Å². The summed E-state index contributed by atoms with van der Waals surface area (Å²) in [4.78, 5) is 27.0. The average Bonchev–Trinajstić information content (AvgIpc) is 3.39. The Balaban J connectivity index is 1.31. The lowest BCUT2D eigenvalue weighted by Gasteiger charge is -2.43. The Morgan fingerprint density at radius 2 is 1.69 bits per heavy atom. The van der Waals surface area contributed by atoms with Crippen LogP contribution < -0.4 is 15.4 Å². The minimum Gasteiger partial charge on any atom is -0.480 e. The summed E-state index contributed by atoms with van der Waals surface area (Å²) < 4.78 is 17.9. The topological polar surface area (TPSA) is 105 Å². The van der Waals surface area contributed by atoms with E-state index in [1.54, 1.807) is 7.11 Å². The third kappa shape index (κ3) is 6.77. The molecule has 0 unspecified atom stereocenters. The van der Waals surface area contributed by atoms with Gasteiger partial charge in [-0.15, -0.1) is 0 Å². The molecular weight excluding hydrogens is 568 g/mol. The van der Waals surface area contributed by atoms with Gasteiger partial charge in [0.25, 0.3) is 0 Å². The van der Waals surface area contributed by atoms with Crippen molar-refractivity contribution in [1.82, 2.24) is 25.1 Å². The highest BCUT2D eigenvalue weighted by Gasteiger charge is 2.41. The molecular formula is C35H44N6O4. The molecule has 0 bridgehead atoms. The number of hydrogen-bond acceptors (Lipinski definition) is 9. The number of piperazine rings is 1. The fourth-order valence-corrected chi connectivity index (χ4v) is 6.13. The number of rotatable bonds is 9. The first-order chi connectivity index (χ1) is 21.6. The van der Waals surface area contributed by atoms with Crippen molar-refractivity contribution in [3.8, 4) is 28.3 Å². The quantitative estimate of drug-likeness (QED) is 0.231. The van der Waals surface area contributed by atoms with Gasteiger partial charge < -0.3 is 29.4 Å². The number of nitrogens with zero attached hydrogens (tertiary/aromatic N) is 4. The molecule has 1 saturated carbocycles. The molecule has 4 aromatic rings. The van der Waals surface area contributed by atoms with Gasteiger partial charge in [0.2, 0.25) is 17.5 Å². The van der Waals surface area contributed by atoms with Gasteiger partial charge in [-0.25, -0.2) is 4.79 Å². The number of fused-ring (bicyclic) bond motifs is 1. The molecule has 1 aliphatic heterocycles. The molecule has 1 amide bonds. The monoisotopic (exact) mass is 612 g/mol. The number of alkyl carbamates (subject to hydrolysis) is 1. The molecule has 1 aliphatic carbocycles. The SMILES string of the molecule is COc1nc(NCCN2CCN(C)CC2)nc2oc(-c3ccc(C4(NC(=O)OC(C)(C)C)CCC4)cc3)c(-c3ccccc3)c12. The average molecular weight is 613 g/mol. The standard InChI is InChI=1S/C35H44N6O4/c1-34(2,3)45-33(42)39-35(16-9-17-35)26-14-12-25(13-15-26)29-27(24-10-7-6-8-11-24)28-30(43-5)37-32(38-31(28)44-29)36-18-19-41-22-20-40(4)21-23-41/h6-8,10-15H,9,16-23H2,1-5H3,(H,39,42)(H,36,37,38). The number of carbonyl (C=O) groups is 1. The molecule has 2 aliphatic rings. The predicted molar refractivity (Wildman–Crippen MR) is 177 cm³/mol. The van der Waals surface area contributed by atoms with E-state index in [0.29, 0.717) is 23.3 Å².